The molecule has 0 spiro atoms. The Morgan fingerprint density at radius 1 is 1.50 bits per heavy atom. The second kappa shape index (κ2) is 6.31. The predicted molar refractivity (Wildman–Crippen MR) is 74.2 cm³/mol. The lowest BCUT2D eigenvalue weighted by Gasteiger charge is -2.25. The van der Waals surface area contributed by atoms with Crippen LogP contribution >= 0.6 is 0 Å². The van der Waals surface area contributed by atoms with Crippen LogP contribution in [0.4, 0.5) is 0 Å². The zero-order valence-corrected chi connectivity index (χ0v) is 13.0. The zero-order chi connectivity index (χ0) is 15.6. The van der Waals surface area contributed by atoms with E-state index in [4.69, 9.17) is 4.55 Å². The Balaban J connectivity index is 2.69. The van der Waals surface area contributed by atoms with Crippen LogP contribution in [0.2, 0.25) is 0 Å². The molecule has 1 saturated carbocycles. The van der Waals surface area contributed by atoms with Gasteiger partial charge in [0.1, 0.15) is 21.7 Å². The molecular weight excluding hydrogens is 306 g/mol. The first kappa shape index (κ1) is 17.3. The molecule has 116 valence electrons. The van der Waals surface area contributed by atoms with Crippen LogP contribution in [0.25, 0.3) is 0 Å². The maximum absolute atomic E-state index is 12.0. The fraction of sp³-hybridized carbons (Fsp3) is 0.818. The molecule has 20 heavy (non-hydrogen) atoms. The average Bonchev–Trinajstić information content (AvgIpc) is 2.75. The van der Waals surface area contributed by atoms with Gasteiger partial charge in [-0.05, 0) is 26.2 Å². The third-order valence-corrected chi connectivity index (χ3v) is 5.39. The number of rotatable bonds is 6. The zero-order valence-electron chi connectivity index (χ0n) is 11.4. The topological polar surface area (TPSA) is 118 Å². The molecule has 0 aromatic heterocycles. The molecule has 1 fully saturated rings. The number of hydrogen-bond acceptors (Lipinski definition) is 5. The highest BCUT2D eigenvalue weighted by molar-refractivity contribution is 7.90. The quantitative estimate of drug-likeness (QED) is 0.502. The van der Waals surface area contributed by atoms with Gasteiger partial charge < -0.3 is 14.7 Å². The number of carbonyl (C=O) groups is 2. The van der Waals surface area contributed by atoms with E-state index >= 15 is 0 Å². The van der Waals surface area contributed by atoms with Gasteiger partial charge in [-0.25, -0.2) is 12.6 Å². The van der Waals surface area contributed by atoms with Crippen molar-refractivity contribution < 1.29 is 26.8 Å². The maximum atomic E-state index is 12.0. The summed E-state index contributed by atoms with van der Waals surface area (Å²) in [6.45, 7) is 1.34. The van der Waals surface area contributed by atoms with Gasteiger partial charge in [0, 0.05) is 12.2 Å². The van der Waals surface area contributed by atoms with E-state index in [1.165, 1.54) is 6.92 Å². The van der Waals surface area contributed by atoms with Gasteiger partial charge in [-0.1, -0.05) is 0 Å². The molecule has 1 aliphatic carbocycles. The molecule has 1 aliphatic rings. The lowest BCUT2D eigenvalue weighted by molar-refractivity contribution is -0.128. The second-order valence-electron chi connectivity index (χ2n) is 5.50. The molecule has 0 aromatic carbocycles. The molecule has 0 bridgehead atoms. The molecule has 0 saturated heterocycles. The van der Waals surface area contributed by atoms with Crippen molar-refractivity contribution in [1.29, 1.82) is 0 Å². The highest BCUT2D eigenvalue weighted by atomic mass is 32.2. The minimum Gasteiger partial charge on any atom is -0.343 e. The molecule has 0 radical (unpaired) electrons. The maximum Gasteiger partial charge on any atom is 0.223 e. The van der Waals surface area contributed by atoms with Gasteiger partial charge in [0.15, 0.2) is 11.1 Å². The first-order chi connectivity index (χ1) is 9.06. The van der Waals surface area contributed by atoms with Gasteiger partial charge in [0.25, 0.3) is 0 Å². The average molecular weight is 325 g/mol. The Morgan fingerprint density at radius 3 is 2.50 bits per heavy atom. The second-order valence-corrected chi connectivity index (χ2v) is 8.86. The van der Waals surface area contributed by atoms with Crippen LogP contribution in [0.5, 0.6) is 0 Å². The molecule has 2 N–H and O–H groups in total. The molecule has 7 nitrogen and oxygen atoms in total. The van der Waals surface area contributed by atoms with Crippen LogP contribution in [0.1, 0.15) is 26.2 Å². The van der Waals surface area contributed by atoms with Crippen molar-refractivity contribution >= 4 is 33.1 Å². The van der Waals surface area contributed by atoms with Crippen molar-refractivity contribution in [1.82, 2.24) is 5.32 Å². The van der Waals surface area contributed by atoms with Gasteiger partial charge in [0.05, 0.1) is 11.0 Å². The highest BCUT2D eigenvalue weighted by Crippen LogP contribution is 2.29. The fourth-order valence-corrected chi connectivity index (χ4v) is 4.35. The summed E-state index contributed by atoms with van der Waals surface area (Å²) in [5.41, 5.74) is -1.47. The lowest BCUT2D eigenvalue weighted by atomic mass is 10.0. The Morgan fingerprint density at radius 2 is 2.10 bits per heavy atom. The summed E-state index contributed by atoms with van der Waals surface area (Å²) in [6, 6.07) is 0. The van der Waals surface area contributed by atoms with E-state index in [-0.39, 0.29) is 6.42 Å². The van der Waals surface area contributed by atoms with Crippen molar-refractivity contribution in [2.24, 2.45) is 5.92 Å². The standard InChI is InChI=1S/C11H19NO6S2/c1-11(6-13,7-20(2,17)18)12-10(14)8-3-4-9(5-8)19(15)16/h6,8-9H,3-5,7H2,1-2H3,(H,12,14)(H,15,16). The van der Waals surface area contributed by atoms with Crippen molar-refractivity contribution in [3.8, 4) is 0 Å². The van der Waals surface area contributed by atoms with Gasteiger partial charge in [-0.3, -0.25) is 4.79 Å². The molecule has 1 amide bonds. The van der Waals surface area contributed by atoms with Crippen molar-refractivity contribution in [2.75, 3.05) is 12.0 Å². The molecule has 4 unspecified atom stereocenters. The normalized spacial score (nSPS) is 27.6. The number of aldehydes is 1. The van der Waals surface area contributed by atoms with E-state index in [1.54, 1.807) is 0 Å². The van der Waals surface area contributed by atoms with Crippen molar-refractivity contribution in [3.63, 3.8) is 0 Å². The summed E-state index contributed by atoms with van der Waals surface area (Å²) in [4.78, 5) is 23.1. The minimum atomic E-state index is -3.42. The van der Waals surface area contributed by atoms with E-state index < -0.39 is 49.3 Å². The molecule has 0 heterocycles. The Kier molecular flexibility index (Phi) is 5.45. The number of carbonyl (C=O) groups excluding carboxylic acids is 2. The third-order valence-electron chi connectivity index (χ3n) is 3.27. The molecule has 1 rings (SSSR count). The van der Waals surface area contributed by atoms with Crippen molar-refractivity contribution in [2.45, 2.75) is 37.0 Å². The van der Waals surface area contributed by atoms with Gasteiger partial charge in [-0.15, -0.1) is 0 Å². The third kappa shape index (κ3) is 4.95. The van der Waals surface area contributed by atoms with E-state index in [2.05, 4.69) is 5.32 Å². The minimum absolute atomic E-state index is 0.267. The van der Waals surface area contributed by atoms with Gasteiger partial charge >= 0.3 is 0 Å². The van der Waals surface area contributed by atoms with Gasteiger partial charge in [-0.2, -0.15) is 0 Å². The molecule has 0 aliphatic heterocycles. The molecule has 9 heteroatoms. The Hall–Kier alpha value is -0.800. The van der Waals surface area contributed by atoms with Crippen LogP contribution in [-0.4, -0.2) is 52.2 Å². The predicted octanol–water partition coefficient (Wildman–Crippen LogP) is -0.505. The first-order valence-corrected chi connectivity index (χ1v) is 9.35. The molecule has 4 atom stereocenters. The largest absolute Gasteiger partial charge is 0.343 e. The van der Waals surface area contributed by atoms with E-state index in [0.717, 1.165) is 6.26 Å². The first-order valence-electron chi connectivity index (χ1n) is 6.12. The van der Waals surface area contributed by atoms with Crippen LogP contribution in [0, 0.1) is 5.92 Å². The van der Waals surface area contributed by atoms with Crippen LogP contribution < -0.4 is 5.32 Å². The highest BCUT2D eigenvalue weighted by Gasteiger charge is 2.37. The lowest BCUT2D eigenvalue weighted by Crippen LogP contribution is -2.53. The van der Waals surface area contributed by atoms with Crippen LogP contribution in [0.3, 0.4) is 0 Å². The molecule has 0 aromatic rings. The van der Waals surface area contributed by atoms with Crippen LogP contribution in [-0.2, 0) is 30.5 Å². The Bertz CT molecular complexity index is 517. The number of nitrogens with one attached hydrogen (secondary N) is 1. The fourth-order valence-electron chi connectivity index (χ4n) is 2.39. The van der Waals surface area contributed by atoms with E-state index in [1.807, 2.05) is 0 Å². The van der Waals surface area contributed by atoms with Crippen molar-refractivity contribution in [3.05, 3.63) is 0 Å². The van der Waals surface area contributed by atoms with E-state index in [9.17, 15) is 22.2 Å². The summed E-state index contributed by atoms with van der Waals surface area (Å²) >= 11 is -1.96. The van der Waals surface area contributed by atoms with Crippen LogP contribution in [0.15, 0.2) is 0 Å². The SMILES string of the molecule is CC(C=O)(CS(C)(=O)=O)NC(=O)C1CCC(S(=O)O)C1. The summed E-state index contributed by atoms with van der Waals surface area (Å²) < 4.78 is 42.5. The van der Waals surface area contributed by atoms with E-state index in [0.29, 0.717) is 19.1 Å². The Labute approximate surface area is 120 Å². The molecular formula is C11H19NO6S2. The monoisotopic (exact) mass is 325 g/mol. The number of hydrogen-bond donors (Lipinski definition) is 2. The summed E-state index contributed by atoms with van der Waals surface area (Å²) in [6.07, 6.45) is 2.58. The summed E-state index contributed by atoms with van der Waals surface area (Å²) in [5, 5.41) is 1.99. The summed E-state index contributed by atoms with van der Waals surface area (Å²) in [5.74, 6) is -1.39. The number of sulfone groups is 1. The summed E-state index contributed by atoms with van der Waals surface area (Å²) in [7, 11) is -3.42. The smallest absolute Gasteiger partial charge is 0.223 e. The van der Waals surface area contributed by atoms with Gasteiger partial charge in [0.2, 0.25) is 5.91 Å². The number of amides is 1.